The van der Waals surface area contributed by atoms with Crippen molar-refractivity contribution in [2.75, 3.05) is 0 Å². The van der Waals surface area contributed by atoms with Gasteiger partial charge in [0.1, 0.15) is 17.7 Å². The number of esters is 1. The van der Waals surface area contributed by atoms with Gasteiger partial charge in [-0.3, -0.25) is 19.8 Å². The lowest BCUT2D eigenvalue weighted by Gasteiger charge is -2.37. The average Bonchev–Trinajstić information content (AvgIpc) is 3.24. The highest BCUT2D eigenvalue weighted by molar-refractivity contribution is 8.03. The molecule has 10 heteroatoms. The minimum Gasteiger partial charge on any atom is -0.456 e. The molecule has 148 valence electrons. The highest BCUT2D eigenvalue weighted by Crippen LogP contribution is 2.45. The molecule has 4 rings (SSSR count). The van der Waals surface area contributed by atoms with E-state index >= 15 is 0 Å². The molecule has 1 aromatic carbocycles. The van der Waals surface area contributed by atoms with Crippen molar-refractivity contribution in [3.8, 4) is 0 Å². The molecule has 0 bridgehead atoms. The predicted molar refractivity (Wildman–Crippen MR) is 103 cm³/mol. The van der Waals surface area contributed by atoms with Crippen LogP contribution in [0.1, 0.15) is 22.9 Å². The van der Waals surface area contributed by atoms with Crippen molar-refractivity contribution >= 4 is 35.4 Å². The first kappa shape index (κ1) is 18.9. The molecule has 0 saturated carbocycles. The van der Waals surface area contributed by atoms with Gasteiger partial charge in [-0.15, -0.1) is 11.8 Å². The lowest BCUT2D eigenvalue weighted by Crippen LogP contribution is -2.51. The van der Waals surface area contributed by atoms with E-state index in [4.69, 9.17) is 9.15 Å². The fourth-order valence-corrected chi connectivity index (χ4v) is 4.13. The number of fused-ring (bicyclic) bond motifs is 1. The van der Waals surface area contributed by atoms with Gasteiger partial charge in [0, 0.05) is 24.5 Å². The second-order valence-electron chi connectivity index (χ2n) is 6.45. The quantitative estimate of drug-likeness (QED) is 0.241. The van der Waals surface area contributed by atoms with Gasteiger partial charge in [-0.25, -0.2) is 9.78 Å². The summed E-state index contributed by atoms with van der Waals surface area (Å²) < 4.78 is 10.7. The Morgan fingerprint density at radius 1 is 1.38 bits per heavy atom. The minimum atomic E-state index is -0.627. The molecule has 1 aromatic heterocycles. The van der Waals surface area contributed by atoms with Crippen LogP contribution in [-0.4, -0.2) is 32.1 Å². The maximum absolute atomic E-state index is 12.5. The fourth-order valence-electron chi connectivity index (χ4n) is 3.02. The van der Waals surface area contributed by atoms with Crippen molar-refractivity contribution in [1.29, 1.82) is 0 Å². The van der Waals surface area contributed by atoms with E-state index in [0.29, 0.717) is 28.5 Å². The summed E-state index contributed by atoms with van der Waals surface area (Å²) in [6, 6.07) is 5.72. The molecule has 3 heterocycles. The first-order valence-corrected chi connectivity index (χ1v) is 9.54. The first-order valence-electron chi connectivity index (χ1n) is 8.60. The Labute approximate surface area is 169 Å². The lowest BCUT2D eigenvalue weighted by molar-refractivity contribution is -0.384. The number of nitro benzene ring substituents is 1. The van der Waals surface area contributed by atoms with Crippen LogP contribution in [0.5, 0.6) is 0 Å². The van der Waals surface area contributed by atoms with Crippen LogP contribution in [0.25, 0.3) is 6.08 Å². The minimum absolute atomic E-state index is 0.0412. The summed E-state index contributed by atoms with van der Waals surface area (Å²) in [7, 11) is 0. The Balaban J connectivity index is 1.40. The van der Waals surface area contributed by atoms with Gasteiger partial charge in [0.25, 0.3) is 11.6 Å². The largest absolute Gasteiger partial charge is 0.456 e. The molecule has 9 nitrogen and oxygen atoms in total. The van der Waals surface area contributed by atoms with E-state index in [2.05, 4.69) is 4.98 Å². The number of hydrogen-bond acceptors (Lipinski definition) is 8. The van der Waals surface area contributed by atoms with Crippen LogP contribution >= 0.6 is 11.8 Å². The van der Waals surface area contributed by atoms with Crippen LogP contribution in [0, 0.1) is 24.0 Å². The number of nitro groups is 1. The molecule has 2 aromatic rings. The molecule has 1 fully saturated rings. The number of non-ortho nitro benzene ring substituents is 1. The summed E-state index contributed by atoms with van der Waals surface area (Å²) in [5.74, 6) is 0.135. The number of ether oxygens (including phenoxy) is 1. The summed E-state index contributed by atoms with van der Waals surface area (Å²) in [4.78, 5) is 40.7. The molecule has 1 atom stereocenters. The second-order valence-corrected chi connectivity index (χ2v) is 7.40. The molecule has 2 aliphatic rings. The van der Waals surface area contributed by atoms with Gasteiger partial charge < -0.3 is 9.15 Å². The summed E-state index contributed by atoms with van der Waals surface area (Å²) in [5.41, 5.74) is 1.97. The van der Waals surface area contributed by atoms with Crippen LogP contribution in [0.2, 0.25) is 0 Å². The van der Waals surface area contributed by atoms with Gasteiger partial charge in [-0.1, -0.05) is 0 Å². The van der Waals surface area contributed by atoms with E-state index in [-0.39, 0.29) is 29.3 Å². The van der Waals surface area contributed by atoms with E-state index in [9.17, 15) is 19.7 Å². The average molecular weight is 413 g/mol. The number of benzene rings is 1. The number of carbonyl (C=O) groups is 2. The molecule has 0 aliphatic carbocycles. The molecule has 2 aliphatic heterocycles. The topological polar surface area (TPSA) is 116 Å². The van der Waals surface area contributed by atoms with Crippen molar-refractivity contribution in [2.45, 2.75) is 25.8 Å². The number of aryl methyl sites for hydroxylation is 2. The SMILES string of the molecule is Cc1nc(C)c(/C=C2/C(=O)N3C(C(=O)OCc4ccc([N+](=O)[O-])cc4)=CS[C@H]23)o1. The van der Waals surface area contributed by atoms with E-state index in [1.54, 1.807) is 25.3 Å². The monoisotopic (exact) mass is 413 g/mol. The third kappa shape index (κ3) is 3.42. The molecule has 29 heavy (non-hydrogen) atoms. The molecule has 0 unspecified atom stereocenters. The van der Waals surface area contributed by atoms with Gasteiger partial charge in [-0.05, 0) is 30.7 Å². The number of rotatable bonds is 5. The number of aromatic nitrogens is 1. The zero-order valence-electron chi connectivity index (χ0n) is 15.4. The van der Waals surface area contributed by atoms with Crippen molar-refractivity contribution in [1.82, 2.24) is 9.88 Å². The van der Waals surface area contributed by atoms with E-state index in [1.807, 2.05) is 0 Å². The zero-order valence-corrected chi connectivity index (χ0v) is 16.3. The Bertz CT molecular complexity index is 1090. The summed E-state index contributed by atoms with van der Waals surface area (Å²) >= 11 is 1.34. The highest BCUT2D eigenvalue weighted by Gasteiger charge is 2.50. The van der Waals surface area contributed by atoms with Gasteiger partial charge in [0.15, 0.2) is 11.7 Å². The number of amides is 1. The summed E-state index contributed by atoms with van der Waals surface area (Å²) in [6.07, 6.45) is 1.66. The van der Waals surface area contributed by atoms with E-state index < -0.39 is 10.9 Å². The smallest absolute Gasteiger partial charge is 0.355 e. The molecule has 1 amide bonds. The highest BCUT2D eigenvalue weighted by atomic mass is 32.2. The number of thioether (sulfide) groups is 1. The number of nitrogens with zero attached hydrogens (tertiary/aromatic N) is 3. The summed E-state index contributed by atoms with van der Waals surface area (Å²) in [5, 5.41) is 12.0. The number of oxazole rings is 1. The van der Waals surface area contributed by atoms with Crippen LogP contribution in [0.4, 0.5) is 5.69 Å². The van der Waals surface area contributed by atoms with Crippen molar-refractivity contribution < 1.29 is 23.7 Å². The molecule has 0 N–H and O–H groups in total. The second kappa shape index (κ2) is 7.21. The predicted octanol–water partition coefficient (Wildman–Crippen LogP) is 3.08. The normalized spacial score (nSPS) is 19.0. The third-order valence-electron chi connectivity index (χ3n) is 4.49. The van der Waals surface area contributed by atoms with Gasteiger partial charge in [0.2, 0.25) is 0 Å². The lowest BCUT2D eigenvalue weighted by atomic mass is 10.0. The number of β-lactam (4-membered cyclic amide) rings is 1. The standard InChI is InChI=1S/C19H15N3O6S/c1-10-16(28-11(2)20-10)7-14-17(23)21-15(9-29-18(14)21)19(24)27-8-12-3-5-13(6-4-12)22(25)26/h3-7,9,18H,8H2,1-2H3/b14-7-/t18-/m1/s1. The molecule has 0 spiro atoms. The van der Waals surface area contributed by atoms with Gasteiger partial charge in [0.05, 0.1) is 16.2 Å². The molecule has 1 saturated heterocycles. The Hall–Kier alpha value is -3.40. The van der Waals surface area contributed by atoms with Crippen LogP contribution < -0.4 is 0 Å². The van der Waals surface area contributed by atoms with E-state index in [1.165, 1.54) is 40.9 Å². The number of hydrogen-bond donors (Lipinski definition) is 0. The maximum Gasteiger partial charge on any atom is 0.355 e. The van der Waals surface area contributed by atoms with Crippen molar-refractivity contribution in [3.05, 3.63) is 74.0 Å². The Kier molecular flexibility index (Phi) is 4.71. The third-order valence-corrected chi connectivity index (χ3v) is 5.57. The first-order chi connectivity index (χ1) is 13.8. The maximum atomic E-state index is 12.5. The van der Waals surface area contributed by atoms with Crippen molar-refractivity contribution in [2.24, 2.45) is 0 Å². The van der Waals surface area contributed by atoms with Crippen LogP contribution in [0.3, 0.4) is 0 Å². The van der Waals surface area contributed by atoms with Gasteiger partial charge >= 0.3 is 5.97 Å². The molecule has 0 radical (unpaired) electrons. The molecular weight excluding hydrogens is 398 g/mol. The Morgan fingerprint density at radius 3 is 2.72 bits per heavy atom. The van der Waals surface area contributed by atoms with E-state index in [0.717, 1.165) is 0 Å². The molecular formula is C19H15N3O6S. The number of carbonyl (C=O) groups excluding carboxylic acids is 2. The summed E-state index contributed by atoms with van der Waals surface area (Å²) in [6.45, 7) is 3.48. The zero-order chi connectivity index (χ0) is 20.7. The fraction of sp³-hybridized carbons (Fsp3) is 0.211. The van der Waals surface area contributed by atoms with Crippen LogP contribution in [0.15, 0.2) is 45.4 Å². The van der Waals surface area contributed by atoms with Crippen LogP contribution in [-0.2, 0) is 20.9 Å². The van der Waals surface area contributed by atoms with Gasteiger partial charge in [-0.2, -0.15) is 0 Å². The Morgan fingerprint density at radius 2 is 2.10 bits per heavy atom. The van der Waals surface area contributed by atoms with Crippen molar-refractivity contribution in [3.63, 3.8) is 0 Å².